The molecule has 3 aromatic rings. The summed E-state index contributed by atoms with van der Waals surface area (Å²) in [6.45, 7) is 8.05. The lowest BCUT2D eigenvalue weighted by atomic mass is 9.85. The third-order valence-electron chi connectivity index (χ3n) is 6.86. The number of aromatic nitrogens is 3. The predicted molar refractivity (Wildman–Crippen MR) is 133 cm³/mol. The Balaban J connectivity index is 1.22. The highest BCUT2D eigenvalue weighted by molar-refractivity contribution is 5.81. The van der Waals surface area contributed by atoms with E-state index in [0.717, 1.165) is 80.9 Å². The molecule has 0 spiro atoms. The molecule has 0 unspecified atom stereocenters. The molecule has 0 atom stereocenters. The van der Waals surface area contributed by atoms with Gasteiger partial charge in [0.15, 0.2) is 0 Å². The summed E-state index contributed by atoms with van der Waals surface area (Å²) in [6.07, 6.45) is 8.15. The molecule has 2 N–H and O–H groups in total. The standard InChI is InChI=1S/C26H34N6O2/c1-19-17-32(10-4-9-27-25(33)21-6-3-7-21)24-23(19)16-28-26(30-24)29-22-8-2-5-20(15-22)18-31-11-13-34-14-12-31/h2,5,8,15-17,21H,3-4,6-7,9-14,18H2,1H3,(H,27,33)(H,28,29,30). The van der Waals surface area contributed by atoms with Crippen molar-refractivity contribution in [1.29, 1.82) is 0 Å². The summed E-state index contributed by atoms with van der Waals surface area (Å²) in [6, 6.07) is 8.44. The van der Waals surface area contributed by atoms with Crippen molar-refractivity contribution < 1.29 is 9.53 Å². The topological polar surface area (TPSA) is 84.3 Å². The Hall–Kier alpha value is -2.97. The Morgan fingerprint density at radius 3 is 2.88 bits per heavy atom. The van der Waals surface area contributed by atoms with Crippen molar-refractivity contribution in [2.45, 2.75) is 45.7 Å². The number of amides is 1. The second-order valence-corrected chi connectivity index (χ2v) is 9.42. The molecule has 2 aliphatic rings. The van der Waals surface area contributed by atoms with E-state index in [4.69, 9.17) is 9.72 Å². The maximum atomic E-state index is 12.1. The normalized spacial score (nSPS) is 17.0. The van der Waals surface area contributed by atoms with Gasteiger partial charge < -0.3 is 19.9 Å². The van der Waals surface area contributed by atoms with Crippen LogP contribution < -0.4 is 10.6 Å². The number of nitrogens with zero attached hydrogens (tertiary/aromatic N) is 4. The molecule has 1 saturated heterocycles. The zero-order valence-electron chi connectivity index (χ0n) is 19.9. The second kappa shape index (κ2) is 10.5. The van der Waals surface area contributed by atoms with Crippen LogP contribution in [0.15, 0.2) is 36.7 Å². The van der Waals surface area contributed by atoms with Crippen molar-refractivity contribution in [3.8, 4) is 0 Å². The van der Waals surface area contributed by atoms with E-state index in [1.807, 2.05) is 12.3 Å². The summed E-state index contributed by atoms with van der Waals surface area (Å²) in [7, 11) is 0. The Labute approximate surface area is 200 Å². The highest BCUT2D eigenvalue weighted by Crippen LogP contribution is 2.26. The van der Waals surface area contributed by atoms with Crippen LogP contribution in [0, 0.1) is 12.8 Å². The number of fused-ring (bicyclic) bond motifs is 1. The molecule has 2 fully saturated rings. The molecule has 1 saturated carbocycles. The smallest absolute Gasteiger partial charge is 0.229 e. The van der Waals surface area contributed by atoms with Gasteiger partial charge in [0.1, 0.15) is 5.65 Å². The van der Waals surface area contributed by atoms with E-state index >= 15 is 0 Å². The summed E-state index contributed by atoms with van der Waals surface area (Å²) in [5.41, 5.74) is 4.33. The van der Waals surface area contributed by atoms with Crippen molar-refractivity contribution in [1.82, 2.24) is 24.8 Å². The Kier molecular flexibility index (Phi) is 7.06. The molecule has 8 heteroatoms. The highest BCUT2D eigenvalue weighted by atomic mass is 16.5. The number of hydrogen-bond donors (Lipinski definition) is 2. The van der Waals surface area contributed by atoms with Gasteiger partial charge >= 0.3 is 0 Å². The Bertz CT molecular complexity index is 1130. The van der Waals surface area contributed by atoms with E-state index in [0.29, 0.717) is 12.5 Å². The van der Waals surface area contributed by atoms with Crippen LogP contribution in [0.5, 0.6) is 0 Å². The van der Waals surface area contributed by atoms with Gasteiger partial charge in [-0.15, -0.1) is 0 Å². The van der Waals surface area contributed by atoms with Crippen LogP contribution in [0.4, 0.5) is 11.6 Å². The number of carbonyl (C=O) groups excluding carboxylic acids is 1. The zero-order valence-corrected chi connectivity index (χ0v) is 19.9. The van der Waals surface area contributed by atoms with Gasteiger partial charge in [0, 0.05) is 62.1 Å². The molecule has 0 bridgehead atoms. The van der Waals surface area contributed by atoms with E-state index < -0.39 is 0 Å². The van der Waals surface area contributed by atoms with Crippen LogP contribution in [0.25, 0.3) is 11.0 Å². The Morgan fingerprint density at radius 2 is 2.09 bits per heavy atom. The molecule has 1 aromatic carbocycles. The zero-order chi connectivity index (χ0) is 23.3. The van der Waals surface area contributed by atoms with Crippen molar-refractivity contribution in [2.75, 3.05) is 38.2 Å². The molecule has 5 rings (SSSR count). The first-order valence-corrected chi connectivity index (χ1v) is 12.4. The lowest BCUT2D eigenvalue weighted by molar-refractivity contribution is -0.127. The molecule has 1 amide bonds. The second-order valence-electron chi connectivity index (χ2n) is 9.42. The van der Waals surface area contributed by atoms with Crippen LogP contribution >= 0.6 is 0 Å². The highest BCUT2D eigenvalue weighted by Gasteiger charge is 2.24. The number of nitrogens with one attached hydrogen (secondary N) is 2. The first kappa shape index (κ1) is 22.8. The lowest BCUT2D eigenvalue weighted by Gasteiger charge is -2.26. The van der Waals surface area contributed by atoms with Gasteiger partial charge in [0.25, 0.3) is 0 Å². The average Bonchev–Trinajstić information content (AvgIpc) is 3.11. The number of rotatable bonds is 9. The number of aryl methyl sites for hydroxylation is 2. The lowest BCUT2D eigenvalue weighted by Crippen LogP contribution is -2.35. The first-order valence-electron chi connectivity index (χ1n) is 12.4. The van der Waals surface area contributed by atoms with E-state index in [1.54, 1.807) is 0 Å². The van der Waals surface area contributed by atoms with E-state index in [2.05, 4.69) is 56.4 Å². The number of carbonyl (C=O) groups is 1. The summed E-state index contributed by atoms with van der Waals surface area (Å²) in [4.78, 5) is 23.8. The van der Waals surface area contributed by atoms with Crippen LogP contribution in [-0.2, 0) is 22.6 Å². The van der Waals surface area contributed by atoms with E-state index in [9.17, 15) is 4.79 Å². The minimum absolute atomic E-state index is 0.212. The third kappa shape index (κ3) is 5.39. The summed E-state index contributed by atoms with van der Waals surface area (Å²) >= 11 is 0. The van der Waals surface area contributed by atoms with Gasteiger partial charge in [-0.1, -0.05) is 18.6 Å². The number of morpholine rings is 1. The molecule has 180 valence electrons. The van der Waals surface area contributed by atoms with Gasteiger partial charge in [-0.05, 0) is 49.4 Å². The van der Waals surface area contributed by atoms with Crippen molar-refractivity contribution in [3.05, 3.63) is 47.8 Å². The Morgan fingerprint density at radius 1 is 1.24 bits per heavy atom. The first-order chi connectivity index (χ1) is 16.7. The average molecular weight is 463 g/mol. The fourth-order valence-corrected chi connectivity index (χ4v) is 4.63. The maximum Gasteiger partial charge on any atom is 0.229 e. The minimum Gasteiger partial charge on any atom is -0.379 e. The van der Waals surface area contributed by atoms with Crippen LogP contribution in [-0.4, -0.2) is 58.2 Å². The molecule has 0 radical (unpaired) electrons. The summed E-state index contributed by atoms with van der Waals surface area (Å²) in [5.74, 6) is 1.04. The van der Waals surface area contributed by atoms with E-state index in [-0.39, 0.29) is 11.8 Å². The van der Waals surface area contributed by atoms with Gasteiger partial charge in [0.2, 0.25) is 11.9 Å². The van der Waals surface area contributed by atoms with Crippen molar-refractivity contribution in [2.24, 2.45) is 5.92 Å². The van der Waals surface area contributed by atoms with Crippen LogP contribution in [0.3, 0.4) is 0 Å². The largest absolute Gasteiger partial charge is 0.379 e. The van der Waals surface area contributed by atoms with Crippen molar-refractivity contribution in [3.63, 3.8) is 0 Å². The molecular weight excluding hydrogens is 428 g/mol. The number of hydrogen-bond acceptors (Lipinski definition) is 6. The van der Waals surface area contributed by atoms with Gasteiger partial charge in [0.05, 0.1) is 13.2 Å². The van der Waals surface area contributed by atoms with Gasteiger partial charge in [-0.25, -0.2) is 4.98 Å². The predicted octanol–water partition coefficient (Wildman–Crippen LogP) is 3.62. The van der Waals surface area contributed by atoms with Crippen molar-refractivity contribution >= 4 is 28.6 Å². The van der Waals surface area contributed by atoms with Crippen LogP contribution in [0.1, 0.15) is 36.8 Å². The molecular formula is C26H34N6O2. The quantitative estimate of drug-likeness (QED) is 0.473. The molecule has 34 heavy (non-hydrogen) atoms. The van der Waals surface area contributed by atoms with Gasteiger partial charge in [-0.2, -0.15) is 4.98 Å². The van der Waals surface area contributed by atoms with Crippen LogP contribution in [0.2, 0.25) is 0 Å². The number of anilines is 2. The summed E-state index contributed by atoms with van der Waals surface area (Å²) in [5, 5.41) is 7.52. The number of benzene rings is 1. The molecule has 3 heterocycles. The SMILES string of the molecule is Cc1cn(CCCNC(=O)C2CCC2)c2nc(Nc3cccc(CN4CCOCC4)c3)ncc12. The molecule has 1 aliphatic carbocycles. The summed E-state index contributed by atoms with van der Waals surface area (Å²) < 4.78 is 7.62. The van der Waals surface area contributed by atoms with Gasteiger partial charge in [-0.3, -0.25) is 9.69 Å². The monoisotopic (exact) mass is 462 g/mol. The fraction of sp³-hybridized carbons (Fsp3) is 0.500. The molecule has 1 aliphatic heterocycles. The molecule has 2 aromatic heterocycles. The fourth-order valence-electron chi connectivity index (χ4n) is 4.63. The maximum absolute atomic E-state index is 12.1. The molecule has 8 nitrogen and oxygen atoms in total. The third-order valence-corrected chi connectivity index (χ3v) is 6.86. The number of ether oxygens (including phenoxy) is 1. The minimum atomic E-state index is 0.212. The van der Waals surface area contributed by atoms with E-state index in [1.165, 1.54) is 12.0 Å².